The van der Waals surface area contributed by atoms with Gasteiger partial charge >= 0.3 is 12.1 Å². The fourth-order valence-corrected chi connectivity index (χ4v) is 2.08. The third-order valence-corrected chi connectivity index (χ3v) is 3.17. The van der Waals surface area contributed by atoms with Crippen molar-refractivity contribution in [2.24, 2.45) is 5.92 Å². The van der Waals surface area contributed by atoms with Gasteiger partial charge in [-0.25, -0.2) is 4.79 Å². The maximum atomic E-state index is 12.0. The molecule has 1 aliphatic heterocycles. The van der Waals surface area contributed by atoms with E-state index in [1.807, 2.05) is 0 Å². The van der Waals surface area contributed by atoms with E-state index in [0.29, 0.717) is 19.4 Å². The lowest BCUT2D eigenvalue weighted by Gasteiger charge is -2.33. The zero-order chi connectivity index (χ0) is 16.2. The fourth-order valence-electron chi connectivity index (χ4n) is 2.08. The molecule has 120 valence electrons. The topological polar surface area (TPSA) is 95.9 Å². The molecule has 0 aromatic heterocycles. The molecule has 0 aromatic carbocycles. The summed E-state index contributed by atoms with van der Waals surface area (Å²) >= 11 is 0. The molecule has 21 heavy (non-hydrogen) atoms. The summed E-state index contributed by atoms with van der Waals surface area (Å²) in [5.41, 5.74) is -0.579. The van der Waals surface area contributed by atoms with Crippen LogP contribution in [0.1, 0.15) is 40.5 Å². The van der Waals surface area contributed by atoms with Gasteiger partial charge in [-0.3, -0.25) is 9.59 Å². The number of nitrogens with zero attached hydrogens (tertiary/aromatic N) is 1. The van der Waals surface area contributed by atoms with Gasteiger partial charge in [0.2, 0.25) is 5.91 Å². The third kappa shape index (κ3) is 5.61. The highest BCUT2D eigenvalue weighted by atomic mass is 16.6. The number of carboxylic acid groups (broad SMARTS) is 1. The summed E-state index contributed by atoms with van der Waals surface area (Å²) in [4.78, 5) is 36.3. The van der Waals surface area contributed by atoms with E-state index in [9.17, 15) is 14.4 Å². The van der Waals surface area contributed by atoms with Gasteiger partial charge in [0.15, 0.2) is 0 Å². The number of likely N-dealkylation sites (tertiary alicyclic amines) is 1. The van der Waals surface area contributed by atoms with Gasteiger partial charge < -0.3 is 20.1 Å². The van der Waals surface area contributed by atoms with Crippen molar-refractivity contribution in [1.29, 1.82) is 0 Å². The minimum absolute atomic E-state index is 0.257. The van der Waals surface area contributed by atoms with Crippen molar-refractivity contribution in [1.82, 2.24) is 10.2 Å². The Labute approximate surface area is 124 Å². The van der Waals surface area contributed by atoms with Crippen molar-refractivity contribution >= 4 is 18.0 Å². The number of aliphatic carboxylic acids is 1. The Balaban J connectivity index is 2.57. The Morgan fingerprint density at radius 2 is 1.95 bits per heavy atom. The standard InChI is InChI=1S/C14H24N2O5/c1-9(12(18)19)15-11(17)10-6-5-7-16(8-10)13(20)21-14(2,3)4/h9-10H,5-8H2,1-4H3,(H,15,17)(H,18,19)/t9-,10?/m0/s1. The molecule has 2 amide bonds. The van der Waals surface area contributed by atoms with Gasteiger partial charge in [0.1, 0.15) is 11.6 Å². The van der Waals surface area contributed by atoms with Crippen LogP contribution in [0.3, 0.4) is 0 Å². The van der Waals surface area contributed by atoms with Gasteiger partial charge in [0, 0.05) is 13.1 Å². The SMILES string of the molecule is C[C@H](NC(=O)C1CCCN(C(=O)OC(C)(C)C)C1)C(=O)O. The molecule has 7 nitrogen and oxygen atoms in total. The highest BCUT2D eigenvalue weighted by Gasteiger charge is 2.31. The molecule has 1 unspecified atom stereocenters. The molecular formula is C14H24N2O5. The molecule has 0 spiro atoms. The van der Waals surface area contributed by atoms with E-state index < -0.39 is 29.6 Å². The number of rotatable bonds is 3. The molecule has 0 radical (unpaired) electrons. The molecule has 1 aliphatic rings. The Morgan fingerprint density at radius 1 is 1.33 bits per heavy atom. The lowest BCUT2D eigenvalue weighted by molar-refractivity contribution is -0.142. The highest BCUT2D eigenvalue weighted by molar-refractivity contribution is 5.85. The largest absolute Gasteiger partial charge is 0.480 e. The van der Waals surface area contributed by atoms with E-state index in [4.69, 9.17) is 9.84 Å². The highest BCUT2D eigenvalue weighted by Crippen LogP contribution is 2.19. The van der Waals surface area contributed by atoms with Crippen LogP contribution in [0.2, 0.25) is 0 Å². The van der Waals surface area contributed by atoms with Crippen molar-refractivity contribution in [3.8, 4) is 0 Å². The molecule has 0 saturated carbocycles. The predicted octanol–water partition coefficient (Wildman–Crippen LogP) is 1.22. The first-order chi connectivity index (χ1) is 9.60. The average Bonchev–Trinajstić information content (AvgIpc) is 2.36. The molecule has 0 aromatic rings. The molecule has 1 fully saturated rings. The number of carbonyl (C=O) groups excluding carboxylic acids is 2. The number of carboxylic acids is 1. The molecular weight excluding hydrogens is 276 g/mol. The van der Waals surface area contributed by atoms with Gasteiger partial charge in [-0.05, 0) is 40.5 Å². The average molecular weight is 300 g/mol. The second-order valence-corrected chi connectivity index (χ2v) is 6.33. The van der Waals surface area contributed by atoms with E-state index in [0.717, 1.165) is 0 Å². The molecule has 7 heteroatoms. The summed E-state index contributed by atoms with van der Waals surface area (Å²) < 4.78 is 5.29. The van der Waals surface area contributed by atoms with Crippen LogP contribution in [0.15, 0.2) is 0 Å². The minimum atomic E-state index is -1.08. The summed E-state index contributed by atoms with van der Waals surface area (Å²) in [6, 6.07) is -0.936. The summed E-state index contributed by atoms with van der Waals surface area (Å²) in [6.07, 6.45) is 0.891. The van der Waals surface area contributed by atoms with Crippen molar-refractivity contribution in [2.45, 2.75) is 52.2 Å². The number of carbonyl (C=O) groups is 3. The van der Waals surface area contributed by atoms with Crippen LogP contribution in [0.25, 0.3) is 0 Å². The first-order valence-corrected chi connectivity index (χ1v) is 7.11. The molecule has 0 aliphatic carbocycles. The lowest BCUT2D eigenvalue weighted by Crippen LogP contribution is -2.49. The van der Waals surface area contributed by atoms with E-state index in [2.05, 4.69) is 5.32 Å². The Hall–Kier alpha value is -1.79. The Morgan fingerprint density at radius 3 is 2.48 bits per heavy atom. The number of hydrogen-bond acceptors (Lipinski definition) is 4. The summed E-state index contributed by atoms with van der Waals surface area (Å²) in [5.74, 6) is -1.81. The van der Waals surface area contributed by atoms with Gasteiger partial charge in [0.05, 0.1) is 5.92 Å². The third-order valence-electron chi connectivity index (χ3n) is 3.17. The molecule has 2 atom stereocenters. The smallest absolute Gasteiger partial charge is 0.410 e. The van der Waals surface area contributed by atoms with Crippen LogP contribution < -0.4 is 5.32 Å². The lowest BCUT2D eigenvalue weighted by atomic mass is 9.97. The normalized spacial score (nSPS) is 20.6. The number of piperidine rings is 1. The molecule has 1 saturated heterocycles. The van der Waals surface area contributed by atoms with Crippen molar-refractivity contribution in [2.75, 3.05) is 13.1 Å². The predicted molar refractivity (Wildman–Crippen MR) is 75.8 cm³/mol. The van der Waals surface area contributed by atoms with E-state index in [-0.39, 0.29) is 12.5 Å². The fraction of sp³-hybridized carbons (Fsp3) is 0.786. The molecule has 0 bridgehead atoms. The zero-order valence-corrected chi connectivity index (χ0v) is 13.0. The van der Waals surface area contributed by atoms with Gasteiger partial charge in [-0.1, -0.05) is 0 Å². The monoisotopic (exact) mass is 300 g/mol. The molecule has 1 heterocycles. The van der Waals surface area contributed by atoms with Gasteiger partial charge in [0.25, 0.3) is 0 Å². The van der Waals surface area contributed by atoms with Crippen molar-refractivity contribution in [3.63, 3.8) is 0 Å². The minimum Gasteiger partial charge on any atom is -0.480 e. The van der Waals surface area contributed by atoms with Crippen LogP contribution in [0.5, 0.6) is 0 Å². The Bertz CT molecular complexity index is 416. The summed E-state index contributed by atoms with van der Waals surface area (Å²) in [7, 11) is 0. The number of ether oxygens (including phenoxy) is 1. The first-order valence-electron chi connectivity index (χ1n) is 7.11. The zero-order valence-electron chi connectivity index (χ0n) is 13.0. The Kier molecular flexibility index (Phi) is 5.57. The van der Waals surface area contributed by atoms with Crippen LogP contribution in [-0.2, 0) is 14.3 Å². The second kappa shape index (κ2) is 6.78. The number of amides is 2. The van der Waals surface area contributed by atoms with Crippen LogP contribution >= 0.6 is 0 Å². The van der Waals surface area contributed by atoms with Crippen molar-refractivity contribution < 1.29 is 24.2 Å². The number of nitrogens with one attached hydrogen (secondary N) is 1. The van der Waals surface area contributed by atoms with Crippen LogP contribution in [0.4, 0.5) is 4.79 Å². The summed E-state index contributed by atoms with van der Waals surface area (Å²) in [6.45, 7) is 7.57. The first kappa shape index (κ1) is 17.3. The maximum absolute atomic E-state index is 12.0. The molecule has 2 N–H and O–H groups in total. The maximum Gasteiger partial charge on any atom is 0.410 e. The van der Waals surface area contributed by atoms with E-state index in [1.165, 1.54) is 11.8 Å². The van der Waals surface area contributed by atoms with Crippen molar-refractivity contribution in [3.05, 3.63) is 0 Å². The van der Waals surface area contributed by atoms with E-state index in [1.54, 1.807) is 20.8 Å². The van der Waals surface area contributed by atoms with E-state index >= 15 is 0 Å². The quantitative estimate of drug-likeness (QED) is 0.817. The second-order valence-electron chi connectivity index (χ2n) is 6.33. The van der Waals surface area contributed by atoms with Crippen LogP contribution in [0, 0.1) is 5.92 Å². The van der Waals surface area contributed by atoms with Crippen LogP contribution in [-0.4, -0.2) is 52.7 Å². The van der Waals surface area contributed by atoms with Gasteiger partial charge in [-0.2, -0.15) is 0 Å². The molecule has 1 rings (SSSR count). The summed E-state index contributed by atoms with van der Waals surface area (Å²) in [5, 5.41) is 11.2. The number of hydrogen-bond donors (Lipinski definition) is 2. The van der Waals surface area contributed by atoms with Gasteiger partial charge in [-0.15, -0.1) is 0 Å².